The van der Waals surface area contributed by atoms with Crippen LogP contribution in [0.15, 0.2) is 24.3 Å². The number of halogens is 2. The average molecular weight is 181 g/mol. The molecule has 0 aliphatic carbocycles. The highest BCUT2D eigenvalue weighted by molar-refractivity contribution is 5.25. The fraction of sp³-hybridized carbons (Fsp3) is 0.300. The summed E-state index contributed by atoms with van der Waals surface area (Å²) in [6, 6.07) is 7.40. The van der Waals surface area contributed by atoms with E-state index in [4.69, 9.17) is 5.26 Å². The van der Waals surface area contributed by atoms with E-state index in [9.17, 15) is 8.78 Å². The zero-order chi connectivity index (χ0) is 9.90. The highest BCUT2D eigenvalue weighted by atomic mass is 19.3. The molecule has 0 N–H and O–H groups in total. The topological polar surface area (TPSA) is 23.8 Å². The first-order chi connectivity index (χ1) is 6.06. The molecule has 13 heavy (non-hydrogen) atoms. The molecule has 0 fully saturated rings. The number of benzene rings is 1. The normalized spacial score (nSPS) is 10.9. The minimum Gasteiger partial charge on any atom is -0.200 e. The smallest absolute Gasteiger partial charge is 0.200 e. The number of nitriles is 1. The summed E-state index contributed by atoms with van der Waals surface area (Å²) in [5, 5.41) is 8.19. The third kappa shape index (κ3) is 2.25. The summed E-state index contributed by atoms with van der Waals surface area (Å²) in [5.41, 5.74) is 0.830. The molecule has 3 heteroatoms. The van der Waals surface area contributed by atoms with E-state index < -0.39 is 12.3 Å². The molecule has 0 aromatic heterocycles. The van der Waals surface area contributed by atoms with Gasteiger partial charge in [0.05, 0.1) is 6.07 Å². The van der Waals surface area contributed by atoms with Crippen LogP contribution in [-0.4, -0.2) is 0 Å². The molecule has 1 aromatic rings. The molecule has 0 aliphatic heterocycles. The molecular formula is C10H9F2N. The second kappa shape index (κ2) is 3.53. The highest BCUT2D eigenvalue weighted by Crippen LogP contribution is 2.30. The van der Waals surface area contributed by atoms with Gasteiger partial charge in [-0.15, -0.1) is 0 Å². The molecule has 0 saturated heterocycles. The third-order valence-electron chi connectivity index (χ3n) is 1.77. The molecule has 0 aliphatic rings. The second-order valence-electron chi connectivity index (χ2n) is 2.91. The predicted molar refractivity (Wildman–Crippen MR) is 45.3 cm³/mol. The number of rotatable bonds is 2. The monoisotopic (exact) mass is 181 g/mol. The van der Waals surface area contributed by atoms with E-state index in [0.29, 0.717) is 0 Å². The van der Waals surface area contributed by atoms with E-state index >= 15 is 0 Å². The van der Waals surface area contributed by atoms with Crippen LogP contribution < -0.4 is 0 Å². The van der Waals surface area contributed by atoms with Crippen molar-refractivity contribution in [1.29, 1.82) is 5.26 Å². The van der Waals surface area contributed by atoms with E-state index in [1.165, 1.54) is 18.2 Å². The maximum atomic E-state index is 13.1. The van der Waals surface area contributed by atoms with Gasteiger partial charge in [0.2, 0.25) is 0 Å². The Kier molecular flexibility index (Phi) is 2.62. The molecule has 1 aromatic carbocycles. The van der Waals surface area contributed by atoms with Gasteiger partial charge in [0.1, 0.15) is 6.42 Å². The van der Waals surface area contributed by atoms with Crippen LogP contribution in [0.4, 0.5) is 8.78 Å². The largest absolute Gasteiger partial charge is 0.286 e. The van der Waals surface area contributed by atoms with Crippen LogP contribution in [0.3, 0.4) is 0 Å². The minimum absolute atomic E-state index is 0.0975. The lowest BCUT2D eigenvalue weighted by atomic mass is 10.0. The molecular weight excluding hydrogens is 172 g/mol. The maximum absolute atomic E-state index is 13.1. The number of hydrogen-bond donors (Lipinski definition) is 0. The molecule has 0 bridgehead atoms. The van der Waals surface area contributed by atoms with E-state index in [2.05, 4.69) is 0 Å². The van der Waals surface area contributed by atoms with Crippen LogP contribution in [0.1, 0.15) is 17.5 Å². The van der Waals surface area contributed by atoms with Gasteiger partial charge < -0.3 is 0 Å². The quantitative estimate of drug-likeness (QED) is 0.688. The SMILES string of the molecule is Cc1ccc(C(F)(F)CC#N)cc1. The van der Waals surface area contributed by atoms with Gasteiger partial charge in [-0.1, -0.05) is 29.8 Å². The van der Waals surface area contributed by atoms with Crippen molar-refractivity contribution < 1.29 is 8.78 Å². The fourth-order valence-corrected chi connectivity index (χ4v) is 0.999. The van der Waals surface area contributed by atoms with Crippen molar-refractivity contribution in [2.24, 2.45) is 0 Å². The molecule has 0 atom stereocenters. The van der Waals surface area contributed by atoms with E-state index in [1.54, 1.807) is 12.1 Å². The van der Waals surface area contributed by atoms with Gasteiger partial charge >= 0.3 is 0 Å². The molecule has 0 unspecified atom stereocenters. The number of nitrogens with zero attached hydrogens (tertiary/aromatic N) is 1. The second-order valence-corrected chi connectivity index (χ2v) is 2.91. The summed E-state index contributed by atoms with van der Waals surface area (Å²) >= 11 is 0. The van der Waals surface area contributed by atoms with Crippen molar-refractivity contribution in [2.45, 2.75) is 19.3 Å². The van der Waals surface area contributed by atoms with Crippen LogP contribution in [0.5, 0.6) is 0 Å². The number of hydrogen-bond acceptors (Lipinski definition) is 1. The first-order valence-electron chi connectivity index (χ1n) is 3.88. The van der Waals surface area contributed by atoms with Crippen molar-refractivity contribution in [2.75, 3.05) is 0 Å². The van der Waals surface area contributed by atoms with Crippen LogP contribution in [-0.2, 0) is 5.92 Å². The van der Waals surface area contributed by atoms with Gasteiger partial charge in [-0.25, -0.2) is 8.78 Å². The Labute approximate surface area is 75.6 Å². The van der Waals surface area contributed by atoms with Gasteiger partial charge in [-0.3, -0.25) is 0 Å². The zero-order valence-corrected chi connectivity index (χ0v) is 7.22. The molecule has 1 nitrogen and oxygen atoms in total. The molecule has 0 amide bonds. The lowest BCUT2D eigenvalue weighted by Gasteiger charge is -2.12. The van der Waals surface area contributed by atoms with Crippen molar-refractivity contribution in [3.63, 3.8) is 0 Å². The molecule has 0 heterocycles. The van der Waals surface area contributed by atoms with Crippen LogP contribution in [0, 0.1) is 18.3 Å². The van der Waals surface area contributed by atoms with Crippen LogP contribution >= 0.6 is 0 Å². The number of alkyl halides is 2. The van der Waals surface area contributed by atoms with Gasteiger partial charge in [-0.2, -0.15) is 5.26 Å². The Morgan fingerprint density at radius 1 is 1.31 bits per heavy atom. The van der Waals surface area contributed by atoms with E-state index in [-0.39, 0.29) is 5.56 Å². The van der Waals surface area contributed by atoms with Crippen LogP contribution in [0.25, 0.3) is 0 Å². The van der Waals surface area contributed by atoms with Crippen molar-refractivity contribution >= 4 is 0 Å². The summed E-state index contributed by atoms with van der Waals surface area (Å²) in [5.74, 6) is -3.03. The van der Waals surface area contributed by atoms with Gasteiger partial charge in [0.25, 0.3) is 5.92 Å². The van der Waals surface area contributed by atoms with E-state index in [0.717, 1.165) is 5.56 Å². The number of aryl methyl sites for hydroxylation is 1. The first kappa shape index (κ1) is 9.66. The Hall–Kier alpha value is -1.43. The van der Waals surface area contributed by atoms with Gasteiger partial charge in [0.15, 0.2) is 0 Å². The Bertz CT molecular complexity index is 322. The van der Waals surface area contributed by atoms with Crippen molar-refractivity contribution in [3.05, 3.63) is 35.4 Å². The average Bonchev–Trinajstić information content (AvgIpc) is 2.05. The summed E-state index contributed by atoms with van der Waals surface area (Å²) < 4.78 is 26.1. The zero-order valence-electron chi connectivity index (χ0n) is 7.22. The molecule has 1 rings (SSSR count). The van der Waals surface area contributed by atoms with Crippen molar-refractivity contribution in [1.82, 2.24) is 0 Å². The Morgan fingerprint density at radius 3 is 2.31 bits per heavy atom. The van der Waals surface area contributed by atoms with Gasteiger partial charge in [0, 0.05) is 5.56 Å². The summed E-state index contributed by atoms with van der Waals surface area (Å²) in [4.78, 5) is 0. The highest BCUT2D eigenvalue weighted by Gasteiger charge is 2.30. The molecule has 0 spiro atoms. The molecule has 0 saturated carbocycles. The standard InChI is InChI=1S/C10H9F2N/c1-8-2-4-9(5-3-8)10(11,12)6-7-13/h2-5H,6H2,1H3. The Balaban J connectivity index is 2.95. The Morgan fingerprint density at radius 2 is 1.85 bits per heavy atom. The minimum atomic E-state index is -3.03. The van der Waals surface area contributed by atoms with Crippen LogP contribution in [0.2, 0.25) is 0 Å². The summed E-state index contributed by atoms with van der Waals surface area (Å²) in [6.07, 6.45) is -0.768. The summed E-state index contributed by atoms with van der Waals surface area (Å²) in [6.45, 7) is 1.83. The predicted octanol–water partition coefficient (Wildman–Crippen LogP) is 3.00. The van der Waals surface area contributed by atoms with E-state index in [1.807, 2.05) is 6.92 Å². The first-order valence-corrected chi connectivity index (χ1v) is 3.88. The summed E-state index contributed by atoms with van der Waals surface area (Å²) in [7, 11) is 0. The lowest BCUT2D eigenvalue weighted by Crippen LogP contribution is -2.11. The fourth-order valence-electron chi connectivity index (χ4n) is 0.999. The molecule has 0 radical (unpaired) electrons. The lowest BCUT2D eigenvalue weighted by molar-refractivity contribution is 0.000943. The molecule has 68 valence electrons. The third-order valence-corrected chi connectivity index (χ3v) is 1.77. The maximum Gasteiger partial charge on any atom is 0.286 e. The van der Waals surface area contributed by atoms with Crippen molar-refractivity contribution in [3.8, 4) is 6.07 Å². The van der Waals surface area contributed by atoms with Gasteiger partial charge in [-0.05, 0) is 6.92 Å².